The summed E-state index contributed by atoms with van der Waals surface area (Å²) >= 11 is 7.43. The molecule has 108 valence electrons. The van der Waals surface area contributed by atoms with E-state index in [1.54, 1.807) is 12.1 Å². The molecule has 3 aromatic rings. The van der Waals surface area contributed by atoms with Gasteiger partial charge in [0.05, 0.1) is 28.5 Å². The Labute approximate surface area is 131 Å². The highest BCUT2D eigenvalue weighted by Gasteiger charge is 2.15. The Kier molecular flexibility index (Phi) is 3.69. The Morgan fingerprint density at radius 3 is 2.86 bits per heavy atom. The molecule has 6 heteroatoms. The van der Waals surface area contributed by atoms with Crippen molar-refractivity contribution in [3.05, 3.63) is 46.5 Å². The van der Waals surface area contributed by atoms with Crippen LogP contribution in [0.25, 0.3) is 11.0 Å². The average molecular weight is 320 g/mol. The summed E-state index contributed by atoms with van der Waals surface area (Å²) in [6.45, 7) is 3.97. The molecule has 4 nitrogen and oxygen atoms in total. The first kappa shape index (κ1) is 14.1. The Bertz CT molecular complexity index is 803. The Morgan fingerprint density at radius 2 is 2.05 bits per heavy atom. The van der Waals surface area contributed by atoms with Crippen LogP contribution in [0.3, 0.4) is 0 Å². The summed E-state index contributed by atoms with van der Waals surface area (Å²) in [4.78, 5) is 0. The predicted octanol–water partition coefficient (Wildman–Crippen LogP) is 4.53. The molecule has 0 fully saturated rings. The molecule has 0 bridgehead atoms. The fourth-order valence-electron chi connectivity index (χ4n) is 2.28. The first-order valence-electron chi connectivity index (χ1n) is 6.53. The van der Waals surface area contributed by atoms with Crippen molar-refractivity contribution in [3.8, 4) is 5.75 Å². The van der Waals surface area contributed by atoms with Crippen LogP contribution in [-0.4, -0.2) is 13.9 Å². The summed E-state index contributed by atoms with van der Waals surface area (Å²) in [5.74, 6) is 0.264. The first-order chi connectivity index (χ1) is 10.1. The molecule has 0 spiro atoms. The van der Waals surface area contributed by atoms with Crippen LogP contribution in [0.2, 0.25) is 5.02 Å². The molecule has 0 aliphatic rings. The van der Waals surface area contributed by atoms with Crippen LogP contribution < -0.4 is 5.32 Å². The third kappa shape index (κ3) is 2.66. The van der Waals surface area contributed by atoms with Crippen LogP contribution >= 0.6 is 23.3 Å². The van der Waals surface area contributed by atoms with Crippen molar-refractivity contribution in [2.24, 2.45) is 0 Å². The number of fused-ring (bicyclic) bond motifs is 1. The number of nitrogens with one attached hydrogen (secondary N) is 1. The summed E-state index contributed by atoms with van der Waals surface area (Å²) in [7, 11) is 0. The number of phenolic OH excluding ortho intramolecular Hbond substituents is 1. The van der Waals surface area contributed by atoms with E-state index in [-0.39, 0.29) is 11.8 Å². The standard InChI is InChI=1S/C15H14ClN3OS/c1-8-3-6-13(20)10(7-8)9(2)17-14-11(16)4-5-12-15(14)19-21-18-12/h3-7,9,17,20H,1-2H3. The van der Waals surface area contributed by atoms with Crippen LogP contribution in [0, 0.1) is 6.92 Å². The van der Waals surface area contributed by atoms with Gasteiger partial charge in [-0.25, -0.2) is 0 Å². The van der Waals surface area contributed by atoms with Gasteiger partial charge in [0.25, 0.3) is 0 Å². The molecule has 2 N–H and O–H groups in total. The highest BCUT2D eigenvalue weighted by molar-refractivity contribution is 7.00. The minimum Gasteiger partial charge on any atom is -0.508 e. The lowest BCUT2D eigenvalue weighted by Crippen LogP contribution is -2.08. The first-order valence-corrected chi connectivity index (χ1v) is 7.64. The number of aryl methyl sites for hydroxylation is 1. The minimum atomic E-state index is -0.102. The summed E-state index contributed by atoms with van der Waals surface area (Å²) < 4.78 is 8.50. The second-order valence-corrected chi connectivity index (χ2v) is 5.92. The van der Waals surface area contributed by atoms with Gasteiger partial charge in [0.1, 0.15) is 16.8 Å². The fourth-order valence-corrected chi connectivity index (χ4v) is 3.03. The zero-order chi connectivity index (χ0) is 15.0. The molecule has 0 saturated heterocycles. The molecule has 0 aliphatic heterocycles. The van der Waals surface area contributed by atoms with E-state index in [4.69, 9.17) is 11.6 Å². The minimum absolute atomic E-state index is 0.102. The molecule has 1 atom stereocenters. The number of hydrogen-bond donors (Lipinski definition) is 2. The number of aromatic nitrogens is 2. The molecule has 1 heterocycles. The van der Waals surface area contributed by atoms with Gasteiger partial charge in [-0.3, -0.25) is 0 Å². The van der Waals surface area contributed by atoms with E-state index in [1.807, 2.05) is 32.0 Å². The maximum atomic E-state index is 10.0. The van der Waals surface area contributed by atoms with E-state index in [9.17, 15) is 5.11 Å². The lowest BCUT2D eigenvalue weighted by Gasteiger charge is -2.18. The molecule has 3 rings (SSSR count). The van der Waals surface area contributed by atoms with Crippen molar-refractivity contribution in [2.45, 2.75) is 19.9 Å². The second-order valence-electron chi connectivity index (χ2n) is 4.98. The van der Waals surface area contributed by atoms with Gasteiger partial charge in [-0.1, -0.05) is 29.3 Å². The number of phenols is 1. The number of benzene rings is 2. The monoisotopic (exact) mass is 319 g/mol. The van der Waals surface area contributed by atoms with Crippen LogP contribution in [0.4, 0.5) is 5.69 Å². The van der Waals surface area contributed by atoms with Gasteiger partial charge in [-0.05, 0) is 32.0 Å². The topological polar surface area (TPSA) is 58.0 Å². The van der Waals surface area contributed by atoms with E-state index in [0.717, 1.165) is 39.6 Å². The van der Waals surface area contributed by atoms with E-state index in [1.165, 1.54) is 0 Å². The molecular formula is C15H14ClN3OS. The van der Waals surface area contributed by atoms with Crippen molar-refractivity contribution >= 4 is 40.0 Å². The van der Waals surface area contributed by atoms with Crippen molar-refractivity contribution in [1.82, 2.24) is 8.75 Å². The van der Waals surface area contributed by atoms with Crippen molar-refractivity contribution < 1.29 is 5.11 Å². The molecule has 21 heavy (non-hydrogen) atoms. The van der Waals surface area contributed by atoms with Crippen molar-refractivity contribution in [3.63, 3.8) is 0 Å². The van der Waals surface area contributed by atoms with Crippen LogP contribution in [0.1, 0.15) is 24.1 Å². The molecule has 0 amide bonds. The summed E-state index contributed by atoms with van der Waals surface area (Å²) in [5, 5.41) is 14.0. The molecular weight excluding hydrogens is 306 g/mol. The zero-order valence-corrected chi connectivity index (χ0v) is 13.2. The Hall–Kier alpha value is -1.85. The third-order valence-electron chi connectivity index (χ3n) is 3.39. The zero-order valence-electron chi connectivity index (χ0n) is 11.6. The Balaban J connectivity index is 2.00. The van der Waals surface area contributed by atoms with E-state index in [2.05, 4.69) is 14.1 Å². The quantitative estimate of drug-likeness (QED) is 0.744. The molecule has 0 aliphatic carbocycles. The van der Waals surface area contributed by atoms with Gasteiger partial charge in [0.15, 0.2) is 0 Å². The lowest BCUT2D eigenvalue weighted by atomic mass is 10.0. The number of hydrogen-bond acceptors (Lipinski definition) is 5. The number of halogens is 1. The third-order valence-corrected chi connectivity index (χ3v) is 4.24. The number of anilines is 1. The molecule has 0 radical (unpaired) electrons. The van der Waals surface area contributed by atoms with Crippen LogP contribution in [-0.2, 0) is 0 Å². The maximum Gasteiger partial charge on any atom is 0.129 e. The van der Waals surface area contributed by atoms with E-state index >= 15 is 0 Å². The molecule has 0 saturated carbocycles. The van der Waals surface area contributed by atoms with Gasteiger partial charge in [-0.15, -0.1) is 0 Å². The predicted molar refractivity (Wildman–Crippen MR) is 87.3 cm³/mol. The highest BCUT2D eigenvalue weighted by Crippen LogP contribution is 2.34. The van der Waals surface area contributed by atoms with Crippen LogP contribution in [0.15, 0.2) is 30.3 Å². The number of rotatable bonds is 3. The highest BCUT2D eigenvalue weighted by atomic mass is 35.5. The fraction of sp³-hybridized carbons (Fsp3) is 0.200. The van der Waals surface area contributed by atoms with Gasteiger partial charge < -0.3 is 10.4 Å². The summed E-state index contributed by atoms with van der Waals surface area (Å²) in [6, 6.07) is 9.09. The lowest BCUT2D eigenvalue weighted by molar-refractivity contribution is 0.465. The van der Waals surface area contributed by atoms with Crippen LogP contribution in [0.5, 0.6) is 5.75 Å². The molecule has 1 aromatic heterocycles. The van der Waals surface area contributed by atoms with E-state index in [0.29, 0.717) is 5.02 Å². The smallest absolute Gasteiger partial charge is 0.129 e. The van der Waals surface area contributed by atoms with Crippen molar-refractivity contribution in [1.29, 1.82) is 0 Å². The molecule has 1 unspecified atom stereocenters. The second kappa shape index (κ2) is 5.50. The van der Waals surface area contributed by atoms with Gasteiger partial charge >= 0.3 is 0 Å². The molecule has 2 aromatic carbocycles. The number of aromatic hydroxyl groups is 1. The SMILES string of the molecule is Cc1ccc(O)c(C(C)Nc2c(Cl)ccc3nsnc23)c1. The van der Waals surface area contributed by atoms with Gasteiger partial charge in [0.2, 0.25) is 0 Å². The van der Waals surface area contributed by atoms with E-state index < -0.39 is 0 Å². The summed E-state index contributed by atoms with van der Waals surface area (Å²) in [6.07, 6.45) is 0. The summed E-state index contributed by atoms with van der Waals surface area (Å²) in [5.41, 5.74) is 4.23. The Morgan fingerprint density at radius 1 is 1.24 bits per heavy atom. The maximum absolute atomic E-state index is 10.0. The van der Waals surface area contributed by atoms with Gasteiger partial charge in [-0.2, -0.15) is 8.75 Å². The van der Waals surface area contributed by atoms with Crippen molar-refractivity contribution in [2.75, 3.05) is 5.32 Å². The average Bonchev–Trinajstić information content (AvgIpc) is 2.93. The number of nitrogens with zero attached hydrogens (tertiary/aromatic N) is 2. The van der Waals surface area contributed by atoms with Gasteiger partial charge in [0, 0.05) is 5.56 Å². The largest absolute Gasteiger partial charge is 0.508 e. The normalized spacial score (nSPS) is 12.5.